The first-order valence-corrected chi connectivity index (χ1v) is 18.6. The molecule has 4 aliphatic rings. The number of amides is 2. The van der Waals surface area contributed by atoms with Crippen LogP contribution in [0.4, 0.5) is 11.6 Å². The summed E-state index contributed by atoms with van der Waals surface area (Å²) in [7, 11) is 0. The van der Waals surface area contributed by atoms with Gasteiger partial charge in [-0.3, -0.25) is 19.3 Å². The average Bonchev–Trinajstić information content (AvgIpc) is 3.72. The Morgan fingerprint density at radius 1 is 0.782 bits per heavy atom. The molecule has 2 amide bonds. The topological polar surface area (TPSA) is 137 Å². The van der Waals surface area contributed by atoms with Crippen molar-refractivity contribution in [1.29, 1.82) is 0 Å². The lowest BCUT2D eigenvalue weighted by molar-refractivity contribution is -0.179. The van der Waals surface area contributed by atoms with Gasteiger partial charge in [-0.25, -0.2) is 9.97 Å². The lowest BCUT2D eigenvalue weighted by Gasteiger charge is -2.46. The predicted octanol–water partition coefficient (Wildman–Crippen LogP) is 4.47. The van der Waals surface area contributed by atoms with Crippen molar-refractivity contribution in [2.75, 3.05) is 49.6 Å². The zero-order valence-corrected chi connectivity index (χ0v) is 30.0. The molecular weight excluding hydrogens is 697 g/mol. The number of fused-ring (bicyclic) bond motifs is 3. The van der Waals surface area contributed by atoms with Gasteiger partial charge in [0.1, 0.15) is 29.9 Å². The highest BCUT2D eigenvalue weighted by Crippen LogP contribution is 2.65. The number of carbonyl (C=O) groups is 3. The van der Waals surface area contributed by atoms with Crippen LogP contribution in [0.1, 0.15) is 40.4 Å². The minimum Gasteiger partial charge on any atom is -0.491 e. The quantitative estimate of drug-likeness (QED) is 0.220. The summed E-state index contributed by atoms with van der Waals surface area (Å²) in [5.41, 5.74) is 2.14. The van der Waals surface area contributed by atoms with Crippen LogP contribution in [-0.4, -0.2) is 88.1 Å². The van der Waals surface area contributed by atoms with Crippen LogP contribution in [0.25, 0.3) is 0 Å². The highest BCUT2D eigenvalue weighted by Gasteiger charge is 2.74. The van der Waals surface area contributed by atoms with E-state index in [1.807, 2.05) is 102 Å². The van der Waals surface area contributed by atoms with Crippen LogP contribution >= 0.6 is 0 Å². The van der Waals surface area contributed by atoms with Crippen LogP contribution in [0.2, 0.25) is 0 Å². The van der Waals surface area contributed by atoms with Crippen molar-refractivity contribution >= 4 is 29.4 Å². The molecule has 3 saturated heterocycles. The molecule has 5 aromatic rings. The van der Waals surface area contributed by atoms with Gasteiger partial charge >= 0.3 is 5.97 Å². The third-order valence-corrected chi connectivity index (χ3v) is 11.5. The Morgan fingerprint density at radius 3 is 2.13 bits per heavy atom. The number of carbonyl (C=O) groups excluding carboxylic acids is 3. The minimum atomic E-state index is -1.54. The number of cyclic esters (lactones) is 1. The molecule has 0 aliphatic carbocycles. The predicted molar refractivity (Wildman–Crippen MR) is 203 cm³/mol. The summed E-state index contributed by atoms with van der Waals surface area (Å²) >= 11 is 0. The van der Waals surface area contributed by atoms with E-state index >= 15 is 9.59 Å². The number of anilines is 2. The van der Waals surface area contributed by atoms with Gasteiger partial charge in [-0.1, -0.05) is 91.0 Å². The molecule has 0 unspecified atom stereocenters. The first-order chi connectivity index (χ1) is 27.0. The first-order valence-electron chi connectivity index (χ1n) is 18.6. The maximum absolute atomic E-state index is 15.5. The van der Waals surface area contributed by atoms with Crippen molar-refractivity contribution in [3.8, 4) is 5.75 Å². The summed E-state index contributed by atoms with van der Waals surface area (Å²) < 4.78 is 12.3. The second-order valence-electron chi connectivity index (χ2n) is 14.3. The Kier molecular flexibility index (Phi) is 8.99. The number of aromatic nitrogens is 2. The third kappa shape index (κ3) is 5.71. The number of aliphatic hydroxyl groups excluding tert-OH is 1. The van der Waals surface area contributed by atoms with Gasteiger partial charge in [-0.15, -0.1) is 0 Å². The van der Waals surface area contributed by atoms with Crippen LogP contribution in [0.3, 0.4) is 0 Å². The van der Waals surface area contributed by atoms with Crippen LogP contribution in [0, 0.1) is 5.92 Å². The van der Waals surface area contributed by atoms with Crippen LogP contribution in [0.5, 0.6) is 5.75 Å². The smallest absolute Gasteiger partial charge is 0.324 e. The molecular formula is C43H40N6O6. The van der Waals surface area contributed by atoms with Crippen molar-refractivity contribution in [3.05, 3.63) is 150 Å². The fourth-order valence-electron chi connectivity index (χ4n) is 9.22. The van der Waals surface area contributed by atoms with E-state index in [2.05, 4.69) is 20.2 Å². The maximum atomic E-state index is 15.5. The number of hydrogen-bond donors (Lipinski definition) is 2. The van der Waals surface area contributed by atoms with E-state index in [-0.39, 0.29) is 25.0 Å². The summed E-state index contributed by atoms with van der Waals surface area (Å²) in [4.78, 5) is 60.4. The van der Waals surface area contributed by atoms with Gasteiger partial charge in [0.2, 0.25) is 17.8 Å². The molecule has 55 heavy (non-hydrogen) atoms. The van der Waals surface area contributed by atoms with Gasteiger partial charge in [0, 0.05) is 44.3 Å². The number of esters is 1. The molecule has 4 aliphatic heterocycles. The Labute approximate surface area is 318 Å². The van der Waals surface area contributed by atoms with Crippen molar-refractivity contribution in [2.24, 2.45) is 5.92 Å². The fraction of sp³-hybridized carbons (Fsp3) is 0.279. The Bertz CT molecular complexity index is 2180. The molecule has 1 aromatic heterocycles. The number of morpholine rings is 1. The largest absolute Gasteiger partial charge is 0.491 e. The number of nitrogens with one attached hydrogen (secondary N) is 1. The Hall–Kier alpha value is -6.11. The molecule has 3 fully saturated rings. The van der Waals surface area contributed by atoms with Gasteiger partial charge in [-0.2, -0.15) is 0 Å². The van der Waals surface area contributed by atoms with Gasteiger partial charge in [0.25, 0.3) is 0 Å². The van der Waals surface area contributed by atoms with E-state index in [0.717, 1.165) is 16.7 Å². The number of hydrogen-bond acceptors (Lipinski definition) is 10. The number of piperazine rings is 1. The molecule has 1 spiro atoms. The van der Waals surface area contributed by atoms with Gasteiger partial charge in [0.15, 0.2) is 0 Å². The van der Waals surface area contributed by atoms with Crippen molar-refractivity contribution in [2.45, 2.75) is 29.6 Å². The number of benzene rings is 4. The first kappa shape index (κ1) is 34.6. The molecule has 12 heteroatoms. The Balaban J connectivity index is 1.24. The maximum Gasteiger partial charge on any atom is 0.324 e. The van der Waals surface area contributed by atoms with E-state index in [0.29, 0.717) is 49.1 Å². The van der Waals surface area contributed by atoms with E-state index < -0.39 is 41.5 Å². The molecule has 9 rings (SSSR count). The van der Waals surface area contributed by atoms with Crippen molar-refractivity contribution in [3.63, 3.8) is 0 Å². The molecule has 4 aromatic carbocycles. The van der Waals surface area contributed by atoms with Gasteiger partial charge in [0.05, 0.1) is 24.6 Å². The van der Waals surface area contributed by atoms with E-state index in [4.69, 9.17) is 9.47 Å². The number of ether oxygens (including phenoxy) is 2. The molecule has 5 heterocycles. The molecule has 0 saturated carbocycles. The number of nitrogens with zero attached hydrogens (tertiary/aromatic N) is 5. The zero-order chi connectivity index (χ0) is 37.5. The standard InChI is InChI=1S/C43H40N6O6/c50-26-27-54-31-18-16-30(17-19-31)38-43(32-14-7-8-15-33(32)46-41(43)53)34(39(51)47-22-24-48(25-23-47)42-44-20-9-21-45-42)36-40(52)55-37(29-12-5-2-6-13-29)35(49(36)38)28-10-3-1-4-11-28/h1-21,34-38,50H,22-27H2,(H,46,53)/t34-,35-,36-,37+,38+,43-/m1/s1. The second kappa shape index (κ2) is 14.3. The highest BCUT2D eigenvalue weighted by atomic mass is 16.6. The number of para-hydroxylation sites is 1. The van der Waals surface area contributed by atoms with E-state index in [1.165, 1.54) is 0 Å². The molecule has 0 bridgehead atoms. The summed E-state index contributed by atoms with van der Waals surface area (Å²) in [5, 5.41) is 12.6. The Morgan fingerprint density at radius 2 is 1.44 bits per heavy atom. The summed E-state index contributed by atoms with van der Waals surface area (Å²) in [6, 6.07) is 33.6. The summed E-state index contributed by atoms with van der Waals surface area (Å²) in [6.07, 6.45) is 2.64. The molecule has 12 nitrogen and oxygen atoms in total. The SMILES string of the molecule is O=C1O[C@@H](c2ccccc2)[C@@H](c2ccccc2)N2[C@@H](c3ccc(OCCO)cc3)[C@]3(C(=O)Nc4ccccc43)[C@@H](C(=O)N3CCN(c4ncccn4)CC3)[C@H]12. The number of rotatable bonds is 8. The van der Waals surface area contributed by atoms with Gasteiger partial charge in [-0.05, 0) is 46.5 Å². The minimum absolute atomic E-state index is 0.123. The highest BCUT2D eigenvalue weighted by molar-refractivity contribution is 6.12. The average molecular weight is 737 g/mol. The number of aliphatic hydroxyl groups is 1. The van der Waals surface area contributed by atoms with Crippen LogP contribution in [0.15, 0.2) is 128 Å². The monoisotopic (exact) mass is 736 g/mol. The molecule has 278 valence electrons. The normalized spacial score (nSPS) is 25.9. The fourth-order valence-corrected chi connectivity index (χ4v) is 9.22. The zero-order valence-electron chi connectivity index (χ0n) is 30.0. The van der Waals surface area contributed by atoms with Crippen LogP contribution < -0.4 is 15.0 Å². The summed E-state index contributed by atoms with van der Waals surface area (Å²) in [5.74, 6) is -1.21. The lowest BCUT2D eigenvalue weighted by Crippen LogP contribution is -2.58. The summed E-state index contributed by atoms with van der Waals surface area (Å²) in [6.45, 7) is 1.66. The molecule has 2 N–H and O–H groups in total. The second-order valence-corrected chi connectivity index (χ2v) is 14.3. The molecule has 6 atom stereocenters. The van der Waals surface area contributed by atoms with Crippen molar-refractivity contribution in [1.82, 2.24) is 19.8 Å². The third-order valence-electron chi connectivity index (χ3n) is 11.5. The van der Waals surface area contributed by atoms with Crippen LogP contribution in [-0.2, 0) is 24.5 Å². The molecule has 0 radical (unpaired) electrons. The lowest BCUT2D eigenvalue weighted by atomic mass is 9.65. The van der Waals surface area contributed by atoms with Crippen molar-refractivity contribution < 1.29 is 29.0 Å². The van der Waals surface area contributed by atoms with Gasteiger partial charge < -0.3 is 29.7 Å². The van der Waals surface area contributed by atoms with E-state index in [1.54, 1.807) is 35.5 Å². The van der Waals surface area contributed by atoms with E-state index in [9.17, 15) is 9.90 Å².